The van der Waals surface area contributed by atoms with Crippen molar-refractivity contribution in [2.75, 3.05) is 25.2 Å². The molecule has 1 heterocycles. The SMILES string of the molecule is C=C(C=C(C)CCC1C=CC=CC1)c1ccc2c(c1)C(OC)(OCCC)C(=O)N2CCCC. The summed E-state index contributed by atoms with van der Waals surface area (Å²) < 4.78 is 11.9. The van der Waals surface area contributed by atoms with Crippen LogP contribution in [0.1, 0.15) is 70.4 Å². The average Bonchev–Trinajstić information content (AvgIpc) is 3.07. The first kappa shape index (κ1) is 25.2. The summed E-state index contributed by atoms with van der Waals surface area (Å²) in [6, 6.07) is 6.10. The van der Waals surface area contributed by atoms with Gasteiger partial charge < -0.3 is 14.4 Å². The predicted molar refractivity (Wildman–Crippen MR) is 137 cm³/mol. The fourth-order valence-corrected chi connectivity index (χ4v) is 4.53. The maximum atomic E-state index is 13.5. The molecule has 178 valence electrons. The van der Waals surface area contributed by atoms with Gasteiger partial charge in [-0.15, -0.1) is 0 Å². The molecule has 0 radical (unpaired) electrons. The second-order valence-electron chi connectivity index (χ2n) is 9.07. The van der Waals surface area contributed by atoms with Gasteiger partial charge in [0.15, 0.2) is 0 Å². The van der Waals surface area contributed by atoms with Crippen LogP contribution in [0.4, 0.5) is 5.69 Å². The smallest absolute Gasteiger partial charge is 0.292 e. The van der Waals surface area contributed by atoms with Crippen LogP contribution in [0.2, 0.25) is 0 Å². The highest BCUT2D eigenvalue weighted by molar-refractivity contribution is 6.06. The summed E-state index contributed by atoms with van der Waals surface area (Å²) in [5, 5.41) is 0. The minimum Gasteiger partial charge on any atom is -0.342 e. The molecule has 2 aliphatic rings. The molecule has 3 rings (SSSR count). The van der Waals surface area contributed by atoms with Gasteiger partial charge in [0.05, 0.1) is 12.3 Å². The molecule has 1 aliphatic heterocycles. The summed E-state index contributed by atoms with van der Waals surface area (Å²) >= 11 is 0. The number of anilines is 1. The van der Waals surface area contributed by atoms with Crippen LogP contribution in [0.3, 0.4) is 0 Å². The standard InChI is InChI=1S/C29H39NO3/c1-6-8-18-30-27-17-16-25(21-26(27)29(32-5,28(30)31)33-19-7-2)23(4)20-22(3)14-15-24-12-10-9-11-13-24/h9-12,16-17,20-21,24H,4,6-8,13-15,18-19H2,1-3,5H3. The molecule has 0 spiro atoms. The van der Waals surface area contributed by atoms with E-state index in [2.05, 4.69) is 56.9 Å². The van der Waals surface area contributed by atoms with E-state index in [-0.39, 0.29) is 5.91 Å². The normalized spacial score (nSPS) is 22.2. The van der Waals surface area contributed by atoms with Gasteiger partial charge in [0.1, 0.15) is 0 Å². The zero-order chi connectivity index (χ0) is 23.8. The Morgan fingerprint density at radius 3 is 2.76 bits per heavy atom. The zero-order valence-electron chi connectivity index (χ0n) is 20.7. The van der Waals surface area contributed by atoms with Gasteiger partial charge in [-0.1, -0.05) is 68.9 Å². The second kappa shape index (κ2) is 11.6. The van der Waals surface area contributed by atoms with Gasteiger partial charge in [-0.05, 0) is 68.2 Å². The van der Waals surface area contributed by atoms with E-state index in [1.54, 1.807) is 7.11 Å². The molecule has 1 aliphatic carbocycles. The molecule has 33 heavy (non-hydrogen) atoms. The lowest BCUT2D eigenvalue weighted by Crippen LogP contribution is -2.44. The van der Waals surface area contributed by atoms with Crippen LogP contribution in [0.25, 0.3) is 5.57 Å². The number of carbonyl (C=O) groups is 1. The minimum atomic E-state index is -1.38. The molecule has 0 aromatic heterocycles. The molecule has 4 heteroatoms. The number of nitrogens with zero attached hydrogens (tertiary/aromatic N) is 1. The van der Waals surface area contributed by atoms with Crippen LogP contribution in [-0.4, -0.2) is 26.2 Å². The van der Waals surface area contributed by atoms with Crippen molar-refractivity contribution in [2.24, 2.45) is 5.92 Å². The number of rotatable bonds is 12. The maximum Gasteiger partial charge on any atom is 0.292 e. The number of fused-ring (bicyclic) bond motifs is 1. The van der Waals surface area contributed by atoms with Crippen molar-refractivity contribution in [3.8, 4) is 0 Å². The summed E-state index contributed by atoms with van der Waals surface area (Å²) in [5.41, 5.74) is 4.89. The van der Waals surface area contributed by atoms with Crippen LogP contribution in [0.5, 0.6) is 0 Å². The highest BCUT2D eigenvalue weighted by Crippen LogP contribution is 2.45. The summed E-state index contributed by atoms with van der Waals surface area (Å²) in [6.07, 6.45) is 17.0. The van der Waals surface area contributed by atoms with Crippen molar-refractivity contribution in [1.82, 2.24) is 0 Å². The lowest BCUT2D eigenvalue weighted by atomic mass is 9.92. The van der Waals surface area contributed by atoms with Gasteiger partial charge in [-0.25, -0.2) is 0 Å². The lowest BCUT2D eigenvalue weighted by Gasteiger charge is -2.27. The van der Waals surface area contributed by atoms with Crippen molar-refractivity contribution >= 4 is 17.2 Å². The number of hydrogen-bond acceptors (Lipinski definition) is 3. The molecular formula is C29H39NO3. The first-order valence-corrected chi connectivity index (χ1v) is 12.3. The molecule has 4 nitrogen and oxygen atoms in total. The Morgan fingerprint density at radius 1 is 1.27 bits per heavy atom. The Bertz CT molecular complexity index is 942. The first-order chi connectivity index (χ1) is 16.0. The van der Waals surface area contributed by atoms with Gasteiger partial charge in [-0.2, -0.15) is 0 Å². The molecule has 1 aromatic carbocycles. The molecular weight excluding hydrogens is 410 g/mol. The summed E-state index contributed by atoms with van der Waals surface area (Å²) in [4.78, 5) is 15.3. The monoisotopic (exact) mass is 449 g/mol. The largest absolute Gasteiger partial charge is 0.342 e. The summed E-state index contributed by atoms with van der Waals surface area (Å²) in [7, 11) is 1.56. The molecule has 0 N–H and O–H groups in total. The maximum absolute atomic E-state index is 13.5. The Morgan fingerprint density at radius 2 is 2.09 bits per heavy atom. The average molecular weight is 450 g/mol. The highest BCUT2D eigenvalue weighted by atomic mass is 16.7. The number of benzene rings is 1. The van der Waals surface area contributed by atoms with E-state index in [1.165, 1.54) is 5.57 Å². The van der Waals surface area contributed by atoms with Gasteiger partial charge in [0.2, 0.25) is 0 Å². The molecule has 0 saturated heterocycles. The number of amides is 1. The Balaban J connectivity index is 1.84. The number of allylic oxidation sites excluding steroid dienone is 7. The van der Waals surface area contributed by atoms with Crippen LogP contribution < -0.4 is 4.90 Å². The van der Waals surface area contributed by atoms with Crippen LogP contribution in [0, 0.1) is 5.92 Å². The Labute approximate surface area is 199 Å². The van der Waals surface area contributed by atoms with Crippen LogP contribution in [0.15, 0.2) is 60.7 Å². The van der Waals surface area contributed by atoms with E-state index in [9.17, 15) is 4.79 Å². The van der Waals surface area contributed by atoms with E-state index >= 15 is 0 Å². The van der Waals surface area contributed by atoms with Crippen molar-refractivity contribution < 1.29 is 14.3 Å². The first-order valence-electron chi connectivity index (χ1n) is 12.3. The van der Waals surface area contributed by atoms with Gasteiger partial charge in [0, 0.05) is 19.2 Å². The van der Waals surface area contributed by atoms with E-state index < -0.39 is 5.79 Å². The molecule has 1 amide bonds. The number of methoxy groups -OCH3 is 1. The third-order valence-electron chi connectivity index (χ3n) is 6.47. The number of hydrogen-bond donors (Lipinski definition) is 0. The predicted octanol–water partition coefficient (Wildman–Crippen LogP) is 6.93. The molecule has 2 unspecified atom stereocenters. The second-order valence-corrected chi connectivity index (χ2v) is 9.07. The molecule has 0 bridgehead atoms. The molecule has 0 fully saturated rings. The lowest BCUT2D eigenvalue weighted by molar-refractivity contribution is -0.220. The number of unbranched alkanes of at least 4 members (excludes halogenated alkanes) is 1. The third kappa shape index (κ3) is 5.56. The van der Waals surface area contributed by atoms with Crippen molar-refractivity contribution in [1.29, 1.82) is 0 Å². The number of ether oxygens (including phenoxy) is 2. The van der Waals surface area contributed by atoms with Gasteiger partial charge in [0.25, 0.3) is 11.7 Å². The van der Waals surface area contributed by atoms with E-state index in [0.29, 0.717) is 19.1 Å². The molecule has 0 saturated carbocycles. The topological polar surface area (TPSA) is 38.8 Å². The minimum absolute atomic E-state index is 0.133. The van der Waals surface area contributed by atoms with Gasteiger partial charge in [-0.3, -0.25) is 4.79 Å². The zero-order valence-corrected chi connectivity index (χ0v) is 20.7. The third-order valence-corrected chi connectivity index (χ3v) is 6.47. The fourth-order valence-electron chi connectivity index (χ4n) is 4.53. The fraction of sp³-hybridized carbons (Fsp3) is 0.483. The van der Waals surface area contributed by atoms with E-state index in [0.717, 1.165) is 60.9 Å². The number of carbonyl (C=O) groups excluding carboxylic acids is 1. The van der Waals surface area contributed by atoms with Crippen LogP contribution in [-0.2, 0) is 20.1 Å². The van der Waals surface area contributed by atoms with Gasteiger partial charge >= 0.3 is 0 Å². The summed E-state index contributed by atoms with van der Waals surface area (Å²) in [6.45, 7) is 11.8. The van der Waals surface area contributed by atoms with E-state index in [4.69, 9.17) is 9.47 Å². The highest BCUT2D eigenvalue weighted by Gasteiger charge is 2.53. The van der Waals surface area contributed by atoms with Crippen molar-refractivity contribution in [2.45, 2.75) is 65.1 Å². The molecule has 1 aromatic rings. The summed E-state index contributed by atoms with van der Waals surface area (Å²) in [5.74, 6) is -0.898. The Hall–Kier alpha value is -2.43. The molecule has 2 atom stereocenters. The van der Waals surface area contributed by atoms with Crippen molar-refractivity contribution in [3.05, 3.63) is 71.9 Å². The Kier molecular flexibility index (Phi) is 8.87. The van der Waals surface area contributed by atoms with E-state index in [1.807, 2.05) is 24.0 Å². The van der Waals surface area contributed by atoms with Crippen LogP contribution >= 0.6 is 0 Å². The van der Waals surface area contributed by atoms with Crippen molar-refractivity contribution in [3.63, 3.8) is 0 Å². The quantitative estimate of drug-likeness (QED) is 0.256.